The molecule has 0 radical (unpaired) electrons. The Morgan fingerprint density at radius 3 is 2.48 bits per heavy atom. The van der Waals surface area contributed by atoms with Crippen LogP contribution in [-0.4, -0.2) is 18.7 Å². The van der Waals surface area contributed by atoms with E-state index in [0.29, 0.717) is 0 Å². The van der Waals surface area contributed by atoms with Gasteiger partial charge in [0.05, 0.1) is 5.41 Å². The van der Waals surface area contributed by atoms with E-state index in [1.165, 1.54) is 10.5 Å². The van der Waals surface area contributed by atoms with E-state index in [9.17, 15) is 4.79 Å². The molecule has 1 heterocycles. The first-order chi connectivity index (χ1) is 10.0. The number of likely N-dealkylation sites (N-methyl/N-ethyl adjacent to an activating group) is 1. The van der Waals surface area contributed by atoms with Crippen molar-refractivity contribution in [2.24, 2.45) is 0 Å². The number of para-hydroxylation sites is 1. The fraction of sp³-hybridized carbons (Fsp3) is 0.278. The predicted molar refractivity (Wildman–Crippen MR) is 89.1 cm³/mol. The van der Waals surface area contributed by atoms with Crippen LogP contribution >= 0.6 is 11.8 Å². The van der Waals surface area contributed by atoms with Gasteiger partial charge in [0.1, 0.15) is 0 Å². The molecule has 21 heavy (non-hydrogen) atoms. The second-order valence-electron chi connectivity index (χ2n) is 5.82. The molecule has 0 aliphatic carbocycles. The van der Waals surface area contributed by atoms with Crippen LogP contribution in [0.15, 0.2) is 53.4 Å². The van der Waals surface area contributed by atoms with Gasteiger partial charge in [0.15, 0.2) is 0 Å². The minimum Gasteiger partial charge on any atom is -0.314 e. The van der Waals surface area contributed by atoms with Crippen LogP contribution in [0.2, 0.25) is 0 Å². The highest BCUT2D eigenvalue weighted by molar-refractivity contribution is 7.99. The van der Waals surface area contributed by atoms with Gasteiger partial charge in [-0.3, -0.25) is 4.79 Å². The smallest absolute Gasteiger partial charge is 0.238 e. The fourth-order valence-electron chi connectivity index (χ4n) is 2.83. The van der Waals surface area contributed by atoms with E-state index >= 15 is 0 Å². The molecule has 1 atom stereocenters. The molecule has 0 fully saturated rings. The van der Waals surface area contributed by atoms with E-state index in [0.717, 1.165) is 17.0 Å². The number of rotatable bonds is 3. The van der Waals surface area contributed by atoms with Crippen LogP contribution in [0.25, 0.3) is 0 Å². The number of aryl methyl sites for hydroxylation is 1. The molecule has 0 bridgehead atoms. The topological polar surface area (TPSA) is 20.3 Å². The summed E-state index contributed by atoms with van der Waals surface area (Å²) < 4.78 is 0. The van der Waals surface area contributed by atoms with Crippen molar-refractivity contribution in [3.05, 3.63) is 59.7 Å². The first kappa shape index (κ1) is 14.2. The van der Waals surface area contributed by atoms with Crippen molar-refractivity contribution in [1.82, 2.24) is 0 Å². The van der Waals surface area contributed by atoms with Crippen molar-refractivity contribution >= 4 is 23.4 Å². The third-order valence-electron chi connectivity index (χ3n) is 4.19. The molecule has 1 amide bonds. The highest BCUT2D eigenvalue weighted by Gasteiger charge is 2.45. The van der Waals surface area contributed by atoms with E-state index in [1.54, 1.807) is 16.7 Å². The van der Waals surface area contributed by atoms with Crippen molar-refractivity contribution < 1.29 is 4.79 Å². The largest absolute Gasteiger partial charge is 0.314 e. The average molecular weight is 297 g/mol. The molecule has 0 aromatic heterocycles. The number of nitrogens with zero attached hydrogens (tertiary/aromatic N) is 1. The van der Waals surface area contributed by atoms with E-state index in [4.69, 9.17) is 0 Å². The molecule has 1 aliphatic heterocycles. The molecular weight excluding hydrogens is 278 g/mol. The minimum absolute atomic E-state index is 0.184. The van der Waals surface area contributed by atoms with E-state index in [-0.39, 0.29) is 5.91 Å². The maximum Gasteiger partial charge on any atom is 0.238 e. The lowest BCUT2D eigenvalue weighted by molar-refractivity contribution is -0.121. The lowest BCUT2D eigenvalue weighted by Gasteiger charge is -2.22. The molecule has 2 aromatic carbocycles. The number of hydrogen-bond donors (Lipinski definition) is 0. The molecule has 0 saturated carbocycles. The summed E-state index contributed by atoms with van der Waals surface area (Å²) in [7, 11) is 1.86. The Hall–Kier alpha value is -1.74. The van der Waals surface area contributed by atoms with Crippen molar-refractivity contribution in [3.63, 3.8) is 0 Å². The second kappa shape index (κ2) is 5.23. The first-order valence-corrected chi connectivity index (χ1v) is 8.08. The molecule has 2 nitrogen and oxygen atoms in total. The van der Waals surface area contributed by atoms with Crippen LogP contribution in [0.4, 0.5) is 5.69 Å². The van der Waals surface area contributed by atoms with Gasteiger partial charge >= 0.3 is 0 Å². The number of amides is 1. The van der Waals surface area contributed by atoms with Crippen molar-refractivity contribution in [2.45, 2.75) is 24.2 Å². The lowest BCUT2D eigenvalue weighted by atomic mass is 9.86. The molecule has 1 aliphatic rings. The number of thioether (sulfide) groups is 1. The molecule has 3 rings (SSSR count). The number of anilines is 1. The van der Waals surface area contributed by atoms with Gasteiger partial charge in [0, 0.05) is 23.4 Å². The highest BCUT2D eigenvalue weighted by atomic mass is 32.2. The summed E-state index contributed by atoms with van der Waals surface area (Å²) in [5.74, 6) is 0.944. The van der Waals surface area contributed by atoms with E-state index < -0.39 is 5.41 Å². The molecule has 108 valence electrons. The summed E-state index contributed by atoms with van der Waals surface area (Å²) in [5.41, 5.74) is 2.99. The van der Waals surface area contributed by atoms with Crippen LogP contribution < -0.4 is 4.90 Å². The van der Waals surface area contributed by atoms with Gasteiger partial charge < -0.3 is 4.90 Å². The highest BCUT2D eigenvalue weighted by Crippen LogP contribution is 2.43. The van der Waals surface area contributed by atoms with Crippen LogP contribution in [0.1, 0.15) is 18.1 Å². The molecule has 0 N–H and O–H groups in total. The van der Waals surface area contributed by atoms with Crippen molar-refractivity contribution in [2.75, 3.05) is 17.7 Å². The fourth-order valence-corrected chi connectivity index (χ4v) is 3.89. The van der Waals surface area contributed by atoms with Gasteiger partial charge in [-0.2, -0.15) is 0 Å². The van der Waals surface area contributed by atoms with Crippen LogP contribution in [0.5, 0.6) is 0 Å². The number of carbonyl (C=O) groups is 1. The Kier molecular flexibility index (Phi) is 3.54. The normalized spacial score (nSPS) is 20.7. The van der Waals surface area contributed by atoms with Crippen LogP contribution in [0, 0.1) is 6.92 Å². The van der Waals surface area contributed by atoms with Gasteiger partial charge in [-0.1, -0.05) is 35.9 Å². The summed E-state index contributed by atoms with van der Waals surface area (Å²) in [6.07, 6.45) is 0. The zero-order valence-corrected chi connectivity index (χ0v) is 13.4. The lowest BCUT2D eigenvalue weighted by Crippen LogP contribution is -2.38. The first-order valence-electron chi connectivity index (χ1n) is 7.09. The maximum absolute atomic E-state index is 12.7. The molecule has 2 aromatic rings. The Bertz CT molecular complexity index is 680. The zero-order chi connectivity index (χ0) is 15.0. The Labute approximate surface area is 130 Å². The average Bonchev–Trinajstić information content (AvgIpc) is 2.70. The quantitative estimate of drug-likeness (QED) is 0.798. The molecular formula is C18H19NOS. The standard InChI is InChI=1S/C18H19NOS/c1-13-8-10-14(11-9-13)21-12-18(2)15-6-4-5-7-16(15)19(3)17(18)20/h4-11H,12H2,1-3H3. The summed E-state index contributed by atoms with van der Waals surface area (Å²) in [5, 5.41) is 0. The SMILES string of the molecule is Cc1ccc(SCC2(C)C(=O)N(C)c3ccccc32)cc1. The second-order valence-corrected chi connectivity index (χ2v) is 6.86. The summed E-state index contributed by atoms with van der Waals surface area (Å²) >= 11 is 1.75. The number of fused-ring (bicyclic) bond motifs is 1. The van der Waals surface area contributed by atoms with Gasteiger partial charge in [-0.25, -0.2) is 0 Å². The third-order valence-corrected chi connectivity index (χ3v) is 5.51. The summed E-state index contributed by atoms with van der Waals surface area (Å²) in [6.45, 7) is 4.14. The van der Waals surface area contributed by atoms with Gasteiger partial charge in [0.2, 0.25) is 5.91 Å². The molecule has 3 heteroatoms. The minimum atomic E-state index is -0.444. The monoisotopic (exact) mass is 297 g/mol. The number of hydrogen-bond acceptors (Lipinski definition) is 2. The van der Waals surface area contributed by atoms with Crippen molar-refractivity contribution in [3.8, 4) is 0 Å². The summed E-state index contributed by atoms with van der Waals surface area (Å²) in [4.78, 5) is 15.7. The molecule has 0 spiro atoms. The van der Waals surface area contributed by atoms with Crippen LogP contribution in [-0.2, 0) is 10.2 Å². The number of benzene rings is 2. The van der Waals surface area contributed by atoms with Gasteiger partial charge in [-0.05, 0) is 37.6 Å². The Balaban J connectivity index is 1.87. The Morgan fingerprint density at radius 2 is 1.76 bits per heavy atom. The Morgan fingerprint density at radius 1 is 1.10 bits per heavy atom. The van der Waals surface area contributed by atoms with E-state index in [1.807, 2.05) is 25.2 Å². The van der Waals surface area contributed by atoms with Gasteiger partial charge in [-0.15, -0.1) is 11.8 Å². The molecule has 1 unspecified atom stereocenters. The molecule has 0 saturated heterocycles. The third kappa shape index (κ3) is 2.36. The van der Waals surface area contributed by atoms with Crippen molar-refractivity contribution in [1.29, 1.82) is 0 Å². The van der Waals surface area contributed by atoms with Gasteiger partial charge in [0.25, 0.3) is 0 Å². The van der Waals surface area contributed by atoms with E-state index in [2.05, 4.69) is 44.2 Å². The predicted octanol–water partition coefficient (Wildman–Crippen LogP) is 4.02. The maximum atomic E-state index is 12.7. The zero-order valence-electron chi connectivity index (χ0n) is 12.6. The number of carbonyl (C=O) groups excluding carboxylic acids is 1. The van der Waals surface area contributed by atoms with Crippen LogP contribution in [0.3, 0.4) is 0 Å². The summed E-state index contributed by atoms with van der Waals surface area (Å²) in [6, 6.07) is 16.6.